The Hall–Kier alpha value is -2.63. The maximum Gasteiger partial charge on any atom is 0.258 e. The number of nitrogens with zero attached hydrogens (tertiary/aromatic N) is 2. The third kappa shape index (κ3) is 2.84. The molecule has 0 atom stereocenters. The number of aromatic nitrogens is 3. The second kappa shape index (κ2) is 5.87. The minimum Gasteiger partial charge on any atom is -0.361 e. The van der Waals surface area contributed by atoms with Gasteiger partial charge in [-0.05, 0) is 31.0 Å². The number of fused-ring (bicyclic) bond motifs is 1. The summed E-state index contributed by atoms with van der Waals surface area (Å²) in [5, 5.41) is 8.00. The molecule has 4 rings (SSSR count). The fourth-order valence-electron chi connectivity index (χ4n) is 3.20. The molecule has 1 aliphatic carbocycles. The van der Waals surface area contributed by atoms with E-state index in [4.69, 9.17) is 4.52 Å². The van der Waals surface area contributed by atoms with Crippen LogP contribution in [0.4, 0.5) is 0 Å². The summed E-state index contributed by atoms with van der Waals surface area (Å²) >= 11 is 0. The van der Waals surface area contributed by atoms with Gasteiger partial charge in [0.25, 0.3) is 5.89 Å². The van der Waals surface area contributed by atoms with Crippen LogP contribution in [0.2, 0.25) is 0 Å². The normalized spacial score (nSPS) is 15.3. The zero-order chi connectivity index (χ0) is 15.6. The Balaban J connectivity index is 1.50. The first-order valence-electron chi connectivity index (χ1n) is 7.98. The van der Waals surface area contributed by atoms with Gasteiger partial charge in [-0.1, -0.05) is 24.1 Å². The molecule has 1 aliphatic rings. The molecule has 1 amide bonds. The molecule has 1 saturated carbocycles. The first-order chi connectivity index (χ1) is 11.3. The number of rotatable bonds is 4. The maximum absolute atomic E-state index is 12.0. The first-order valence-corrected chi connectivity index (χ1v) is 7.98. The zero-order valence-electron chi connectivity index (χ0n) is 12.7. The van der Waals surface area contributed by atoms with Crippen molar-refractivity contribution in [2.45, 2.75) is 38.1 Å². The molecule has 2 aromatic heterocycles. The van der Waals surface area contributed by atoms with Crippen LogP contribution < -0.4 is 5.32 Å². The third-order valence-corrected chi connectivity index (χ3v) is 4.33. The number of amides is 1. The standard InChI is InChI=1S/C17H18N4O2/c22-16(19-11-4-1-2-5-11)10-15-20-17(23-21-15)13-6-3-7-14-12(13)8-9-18-14/h3,6-9,11,18H,1-2,4-5,10H2,(H,19,22). The highest BCUT2D eigenvalue weighted by Gasteiger charge is 2.19. The first kappa shape index (κ1) is 14.0. The Morgan fingerprint density at radius 1 is 1.30 bits per heavy atom. The van der Waals surface area contributed by atoms with Crippen LogP contribution in [0.15, 0.2) is 35.0 Å². The lowest BCUT2D eigenvalue weighted by Gasteiger charge is -2.10. The Labute approximate surface area is 133 Å². The van der Waals surface area contributed by atoms with Crippen molar-refractivity contribution in [2.24, 2.45) is 0 Å². The van der Waals surface area contributed by atoms with Crippen LogP contribution in [-0.4, -0.2) is 27.1 Å². The largest absolute Gasteiger partial charge is 0.361 e. The summed E-state index contributed by atoms with van der Waals surface area (Å²) in [5.74, 6) is 0.825. The monoisotopic (exact) mass is 310 g/mol. The van der Waals surface area contributed by atoms with Crippen molar-refractivity contribution in [3.8, 4) is 11.5 Å². The minimum absolute atomic E-state index is 0.0379. The molecule has 1 fully saturated rings. The van der Waals surface area contributed by atoms with E-state index in [2.05, 4.69) is 20.4 Å². The zero-order valence-corrected chi connectivity index (χ0v) is 12.7. The number of carbonyl (C=O) groups excluding carboxylic acids is 1. The predicted molar refractivity (Wildman–Crippen MR) is 85.7 cm³/mol. The topological polar surface area (TPSA) is 83.8 Å². The molecule has 6 heteroatoms. The van der Waals surface area contributed by atoms with Gasteiger partial charge < -0.3 is 14.8 Å². The number of H-pyrrole nitrogens is 1. The van der Waals surface area contributed by atoms with E-state index >= 15 is 0 Å². The molecule has 6 nitrogen and oxygen atoms in total. The third-order valence-electron chi connectivity index (χ3n) is 4.33. The molecule has 0 bridgehead atoms. The second-order valence-electron chi connectivity index (χ2n) is 5.99. The van der Waals surface area contributed by atoms with Crippen LogP contribution in [0, 0.1) is 0 Å². The number of benzene rings is 1. The SMILES string of the molecule is O=C(Cc1noc(-c2cccc3[nH]ccc23)n1)NC1CCCC1. The van der Waals surface area contributed by atoms with Gasteiger partial charge in [0.2, 0.25) is 5.91 Å². The Morgan fingerprint density at radius 3 is 3.04 bits per heavy atom. The minimum atomic E-state index is -0.0379. The Kier molecular flexibility index (Phi) is 3.57. The van der Waals surface area contributed by atoms with Gasteiger partial charge >= 0.3 is 0 Å². The van der Waals surface area contributed by atoms with Gasteiger partial charge in [-0.2, -0.15) is 4.98 Å². The van der Waals surface area contributed by atoms with Crippen molar-refractivity contribution in [1.29, 1.82) is 0 Å². The summed E-state index contributed by atoms with van der Waals surface area (Å²) in [6, 6.07) is 8.14. The molecule has 0 radical (unpaired) electrons. The number of hydrogen-bond acceptors (Lipinski definition) is 4. The molecule has 118 valence electrons. The molecular weight excluding hydrogens is 292 g/mol. The Bertz CT molecular complexity index is 830. The quantitative estimate of drug-likeness (QED) is 0.776. The number of nitrogens with one attached hydrogen (secondary N) is 2. The van der Waals surface area contributed by atoms with Crippen molar-refractivity contribution in [3.05, 3.63) is 36.3 Å². The van der Waals surface area contributed by atoms with Gasteiger partial charge in [0.1, 0.15) is 0 Å². The molecular formula is C17H18N4O2. The van der Waals surface area contributed by atoms with Crippen LogP contribution in [0.5, 0.6) is 0 Å². The van der Waals surface area contributed by atoms with E-state index in [0.29, 0.717) is 17.8 Å². The summed E-state index contributed by atoms with van der Waals surface area (Å²) in [5.41, 5.74) is 1.89. The molecule has 3 aromatic rings. The smallest absolute Gasteiger partial charge is 0.258 e. The van der Waals surface area contributed by atoms with E-state index in [1.807, 2.05) is 30.5 Å². The van der Waals surface area contributed by atoms with Crippen molar-refractivity contribution in [2.75, 3.05) is 0 Å². The molecule has 1 aromatic carbocycles. The lowest BCUT2D eigenvalue weighted by molar-refractivity contribution is -0.121. The van der Waals surface area contributed by atoms with Crippen molar-refractivity contribution in [1.82, 2.24) is 20.4 Å². The summed E-state index contributed by atoms with van der Waals surface area (Å²) in [6.07, 6.45) is 6.55. The maximum atomic E-state index is 12.0. The van der Waals surface area contributed by atoms with E-state index in [-0.39, 0.29) is 12.3 Å². The second-order valence-corrected chi connectivity index (χ2v) is 5.99. The summed E-state index contributed by atoms with van der Waals surface area (Å²) < 4.78 is 5.34. The fourth-order valence-corrected chi connectivity index (χ4v) is 3.20. The summed E-state index contributed by atoms with van der Waals surface area (Å²) in [6.45, 7) is 0. The molecule has 2 heterocycles. The van der Waals surface area contributed by atoms with Crippen LogP contribution in [-0.2, 0) is 11.2 Å². The average Bonchev–Trinajstić information content (AvgIpc) is 3.27. The molecule has 0 spiro atoms. The van der Waals surface area contributed by atoms with Crippen molar-refractivity contribution < 1.29 is 9.32 Å². The summed E-state index contributed by atoms with van der Waals surface area (Å²) in [4.78, 5) is 19.6. The Morgan fingerprint density at radius 2 is 2.17 bits per heavy atom. The predicted octanol–water partition coefficient (Wildman–Crippen LogP) is 2.82. The molecule has 23 heavy (non-hydrogen) atoms. The van der Waals surface area contributed by atoms with Gasteiger partial charge in [-0.3, -0.25) is 4.79 Å². The molecule has 2 N–H and O–H groups in total. The molecule has 0 aliphatic heterocycles. The van der Waals surface area contributed by atoms with Crippen LogP contribution in [0.1, 0.15) is 31.5 Å². The number of aromatic amines is 1. The lowest BCUT2D eigenvalue weighted by Crippen LogP contribution is -2.33. The van der Waals surface area contributed by atoms with Gasteiger partial charge in [0, 0.05) is 28.7 Å². The highest BCUT2D eigenvalue weighted by molar-refractivity contribution is 5.92. The molecule has 0 unspecified atom stereocenters. The summed E-state index contributed by atoms with van der Waals surface area (Å²) in [7, 11) is 0. The van der Waals surface area contributed by atoms with Crippen LogP contribution in [0.25, 0.3) is 22.4 Å². The average molecular weight is 310 g/mol. The number of carbonyl (C=O) groups is 1. The lowest BCUT2D eigenvalue weighted by atomic mass is 10.1. The van der Waals surface area contributed by atoms with Gasteiger partial charge in [0.15, 0.2) is 5.82 Å². The van der Waals surface area contributed by atoms with Gasteiger partial charge in [-0.15, -0.1) is 0 Å². The van der Waals surface area contributed by atoms with Crippen LogP contribution in [0.3, 0.4) is 0 Å². The van der Waals surface area contributed by atoms with E-state index in [9.17, 15) is 4.79 Å². The fraction of sp³-hybridized carbons (Fsp3) is 0.353. The highest BCUT2D eigenvalue weighted by atomic mass is 16.5. The van der Waals surface area contributed by atoms with E-state index in [1.54, 1.807) is 0 Å². The van der Waals surface area contributed by atoms with E-state index < -0.39 is 0 Å². The molecule has 0 saturated heterocycles. The highest BCUT2D eigenvalue weighted by Crippen LogP contribution is 2.26. The van der Waals surface area contributed by atoms with Gasteiger partial charge in [-0.25, -0.2) is 0 Å². The van der Waals surface area contributed by atoms with Crippen molar-refractivity contribution in [3.63, 3.8) is 0 Å². The van der Waals surface area contributed by atoms with Gasteiger partial charge in [0.05, 0.1) is 6.42 Å². The van der Waals surface area contributed by atoms with E-state index in [0.717, 1.165) is 29.3 Å². The van der Waals surface area contributed by atoms with Crippen molar-refractivity contribution >= 4 is 16.8 Å². The van der Waals surface area contributed by atoms with E-state index in [1.165, 1.54) is 12.8 Å². The number of hydrogen-bond donors (Lipinski definition) is 2. The van der Waals surface area contributed by atoms with Crippen LogP contribution >= 0.6 is 0 Å².